The molecule has 94 valence electrons. The quantitative estimate of drug-likeness (QED) is 0.804. The van der Waals surface area contributed by atoms with E-state index in [1.54, 1.807) is 7.11 Å². The molecule has 1 atom stereocenters. The Balaban J connectivity index is 2.27. The summed E-state index contributed by atoms with van der Waals surface area (Å²) in [6.07, 6.45) is 4.51. The van der Waals surface area contributed by atoms with Crippen LogP contribution in [0.2, 0.25) is 0 Å². The summed E-state index contributed by atoms with van der Waals surface area (Å²) in [6, 6.07) is 3.17. The number of nitrogens with zero attached hydrogens (tertiary/aromatic N) is 2. The average molecular weight is 234 g/mol. The van der Waals surface area contributed by atoms with Gasteiger partial charge in [-0.3, -0.25) is 4.90 Å². The van der Waals surface area contributed by atoms with Gasteiger partial charge in [-0.15, -0.1) is 0 Å². The molecule has 0 aliphatic carbocycles. The van der Waals surface area contributed by atoms with Crippen LogP contribution in [0.4, 0.5) is 0 Å². The third-order valence-electron chi connectivity index (χ3n) is 3.65. The van der Waals surface area contributed by atoms with E-state index in [2.05, 4.69) is 30.7 Å². The van der Waals surface area contributed by atoms with Crippen molar-refractivity contribution in [2.45, 2.75) is 45.7 Å². The van der Waals surface area contributed by atoms with Gasteiger partial charge in [0.15, 0.2) is 0 Å². The first-order chi connectivity index (χ1) is 8.13. The summed E-state index contributed by atoms with van der Waals surface area (Å²) in [4.78, 5) is 6.91. The van der Waals surface area contributed by atoms with Crippen LogP contribution in [0.25, 0.3) is 0 Å². The van der Waals surface area contributed by atoms with Crippen LogP contribution in [0.3, 0.4) is 0 Å². The topological polar surface area (TPSA) is 25.4 Å². The zero-order valence-electron chi connectivity index (χ0n) is 11.2. The Morgan fingerprint density at radius 3 is 2.82 bits per heavy atom. The second kappa shape index (κ2) is 5.05. The fourth-order valence-electron chi connectivity index (χ4n) is 2.74. The minimum atomic E-state index is 0.536. The summed E-state index contributed by atoms with van der Waals surface area (Å²) >= 11 is 0. The van der Waals surface area contributed by atoms with E-state index in [0.29, 0.717) is 18.0 Å². The minimum Gasteiger partial charge on any atom is -0.481 e. The van der Waals surface area contributed by atoms with Gasteiger partial charge < -0.3 is 4.74 Å². The SMILES string of the molecule is COc1cc(C)c([C@H]2CCCN2C(C)C)cn1. The molecule has 1 aromatic rings. The maximum Gasteiger partial charge on any atom is 0.213 e. The molecular formula is C14H22N2O. The average Bonchev–Trinajstić information content (AvgIpc) is 2.77. The van der Waals surface area contributed by atoms with E-state index in [4.69, 9.17) is 4.74 Å². The summed E-state index contributed by atoms with van der Waals surface area (Å²) in [5.41, 5.74) is 2.64. The van der Waals surface area contributed by atoms with Crippen molar-refractivity contribution >= 4 is 0 Å². The molecule has 2 heterocycles. The lowest BCUT2D eigenvalue weighted by molar-refractivity contribution is 0.204. The van der Waals surface area contributed by atoms with Crippen LogP contribution in [0.1, 0.15) is 43.9 Å². The highest BCUT2D eigenvalue weighted by Gasteiger charge is 2.29. The van der Waals surface area contributed by atoms with E-state index >= 15 is 0 Å². The number of ether oxygens (including phenoxy) is 1. The summed E-state index contributed by atoms with van der Waals surface area (Å²) < 4.78 is 5.16. The molecule has 0 N–H and O–H groups in total. The molecule has 0 amide bonds. The molecule has 2 rings (SSSR count). The highest BCUT2D eigenvalue weighted by molar-refractivity contribution is 5.31. The van der Waals surface area contributed by atoms with Crippen molar-refractivity contribution in [1.82, 2.24) is 9.88 Å². The van der Waals surface area contributed by atoms with Gasteiger partial charge >= 0.3 is 0 Å². The molecule has 0 saturated carbocycles. The van der Waals surface area contributed by atoms with Gasteiger partial charge in [-0.1, -0.05) is 0 Å². The molecule has 0 spiro atoms. The lowest BCUT2D eigenvalue weighted by Gasteiger charge is -2.29. The smallest absolute Gasteiger partial charge is 0.213 e. The maximum atomic E-state index is 5.16. The van der Waals surface area contributed by atoms with Gasteiger partial charge in [-0.05, 0) is 51.3 Å². The number of hydrogen-bond donors (Lipinski definition) is 0. The minimum absolute atomic E-state index is 0.536. The molecule has 3 heteroatoms. The molecule has 1 aliphatic heterocycles. The number of likely N-dealkylation sites (tertiary alicyclic amines) is 1. The van der Waals surface area contributed by atoms with E-state index < -0.39 is 0 Å². The lowest BCUT2D eigenvalue weighted by atomic mass is 10.0. The Morgan fingerprint density at radius 2 is 2.24 bits per heavy atom. The van der Waals surface area contributed by atoms with Crippen molar-refractivity contribution in [3.63, 3.8) is 0 Å². The Morgan fingerprint density at radius 1 is 1.47 bits per heavy atom. The maximum absolute atomic E-state index is 5.16. The van der Waals surface area contributed by atoms with Crippen LogP contribution in [-0.2, 0) is 0 Å². The normalized spacial score (nSPS) is 21.1. The molecule has 3 nitrogen and oxygen atoms in total. The number of aryl methyl sites for hydroxylation is 1. The van der Waals surface area contributed by atoms with Crippen LogP contribution >= 0.6 is 0 Å². The van der Waals surface area contributed by atoms with Crippen LogP contribution in [0.15, 0.2) is 12.3 Å². The number of aromatic nitrogens is 1. The summed E-state index contributed by atoms with van der Waals surface area (Å²) in [7, 11) is 1.66. The van der Waals surface area contributed by atoms with Crippen molar-refractivity contribution in [3.05, 3.63) is 23.4 Å². The van der Waals surface area contributed by atoms with Crippen LogP contribution < -0.4 is 4.74 Å². The predicted octanol–water partition coefficient (Wildman–Crippen LogP) is 2.94. The third kappa shape index (κ3) is 2.44. The van der Waals surface area contributed by atoms with Crippen molar-refractivity contribution in [3.8, 4) is 5.88 Å². The van der Waals surface area contributed by atoms with Crippen molar-refractivity contribution < 1.29 is 4.74 Å². The third-order valence-corrected chi connectivity index (χ3v) is 3.65. The molecule has 1 aliphatic rings. The molecule has 1 fully saturated rings. The zero-order chi connectivity index (χ0) is 12.4. The molecular weight excluding hydrogens is 212 g/mol. The molecule has 0 bridgehead atoms. The number of rotatable bonds is 3. The van der Waals surface area contributed by atoms with Gasteiger partial charge in [0.25, 0.3) is 0 Å². The van der Waals surface area contributed by atoms with Gasteiger partial charge in [-0.25, -0.2) is 4.98 Å². The van der Waals surface area contributed by atoms with Gasteiger partial charge in [0.05, 0.1) is 7.11 Å². The van der Waals surface area contributed by atoms with Gasteiger partial charge in [-0.2, -0.15) is 0 Å². The monoisotopic (exact) mass is 234 g/mol. The second-order valence-electron chi connectivity index (χ2n) is 5.07. The molecule has 17 heavy (non-hydrogen) atoms. The first-order valence-electron chi connectivity index (χ1n) is 6.39. The molecule has 0 radical (unpaired) electrons. The summed E-state index contributed by atoms with van der Waals surface area (Å²) in [5, 5.41) is 0. The van der Waals surface area contributed by atoms with E-state index in [1.807, 2.05) is 12.3 Å². The Kier molecular flexibility index (Phi) is 3.67. The van der Waals surface area contributed by atoms with Gasteiger partial charge in [0, 0.05) is 24.3 Å². The highest BCUT2D eigenvalue weighted by Crippen LogP contribution is 2.35. The summed E-state index contributed by atoms with van der Waals surface area (Å²) in [5.74, 6) is 0.709. The molecule has 0 unspecified atom stereocenters. The standard InChI is InChI=1S/C14H22N2O/c1-10(2)16-7-5-6-13(16)12-9-15-14(17-4)8-11(12)3/h8-10,13H,5-7H2,1-4H3/t13-/m1/s1. The highest BCUT2D eigenvalue weighted by atomic mass is 16.5. The van der Waals surface area contributed by atoms with Crippen LogP contribution in [-0.4, -0.2) is 29.6 Å². The summed E-state index contributed by atoms with van der Waals surface area (Å²) in [6.45, 7) is 7.89. The van der Waals surface area contributed by atoms with Gasteiger partial charge in [0.2, 0.25) is 5.88 Å². The second-order valence-corrected chi connectivity index (χ2v) is 5.07. The van der Waals surface area contributed by atoms with Crippen molar-refractivity contribution in [2.24, 2.45) is 0 Å². The van der Waals surface area contributed by atoms with Gasteiger partial charge in [0.1, 0.15) is 0 Å². The molecule has 1 saturated heterocycles. The Labute approximate surface area is 104 Å². The largest absolute Gasteiger partial charge is 0.481 e. The predicted molar refractivity (Wildman–Crippen MR) is 69.3 cm³/mol. The fourth-order valence-corrected chi connectivity index (χ4v) is 2.74. The van der Waals surface area contributed by atoms with Crippen molar-refractivity contribution in [2.75, 3.05) is 13.7 Å². The Hall–Kier alpha value is -1.09. The van der Waals surface area contributed by atoms with Crippen molar-refractivity contribution in [1.29, 1.82) is 0 Å². The van der Waals surface area contributed by atoms with Crippen LogP contribution in [0.5, 0.6) is 5.88 Å². The number of methoxy groups -OCH3 is 1. The number of pyridine rings is 1. The first-order valence-corrected chi connectivity index (χ1v) is 6.39. The molecule has 0 aromatic carbocycles. The molecule has 1 aromatic heterocycles. The van der Waals surface area contributed by atoms with E-state index in [-0.39, 0.29) is 0 Å². The zero-order valence-corrected chi connectivity index (χ0v) is 11.2. The van der Waals surface area contributed by atoms with Crippen LogP contribution in [0, 0.1) is 6.92 Å². The number of hydrogen-bond acceptors (Lipinski definition) is 3. The first kappa shape index (κ1) is 12.4. The fraction of sp³-hybridized carbons (Fsp3) is 0.643. The lowest BCUT2D eigenvalue weighted by Crippen LogP contribution is -2.30. The van der Waals surface area contributed by atoms with E-state index in [1.165, 1.54) is 30.5 Å². The Bertz CT molecular complexity index is 390. The van der Waals surface area contributed by atoms with E-state index in [9.17, 15) is 0 Å². The van der Waals surface area contributed by atoms with E-state index in [0.717, 1.165) is 0 Å².